The molecule has 3 heterocycles. The molecule has 170 valence electrons. The molecular formula is C24H21BrN2O6. The molecule has 33 heavy (non-hydrogen) atoms. The molecule has 0 amide bonds. The average molecular weight is 513 g/mol. The van der Waals surface area contributed by atoms with Crippen molar-refractivity contribution in [1.29, 1.82) is 0 Å². The molecule has 2 atom stereocenters. The Morgan fingerprint density at radius 3 is 2.64 bits per heavy atom. The van der Waals surface area contributed by atoms with Crippen molar-refractivity contribution in [2.24, 2.45) is 5.10 Å². The number of carboxylic acid groups (broad SMARTS) is 1. The summed E-state index contributed by atoms with van der Waals surface area (Å²) in [5, 5.41) is 16.7. The molecule has 1 N–H and O–H groups in total. The predicted octanol–water partition coefficient (Wildman–Crippen LogP) is 5.31. The minimum Gasteiger partial charge on any atom is -0.493 e. The number of furan rings is 1. The third kappa shape index (κ3) is 3.52. The Kier molecular flexibility index (Phi) is 5.28. The van der Waals surface area contributed by atoms with Crippen molar-refractivity contribution in [3.63, 3.8) is 0 Å². The normalized spacial score (nSPS) is 18.8. The maximum Gasteiger partial charge on any atom is 0.340 e. The lowest BCUT2D eigenvalue weighted by atomic mass is 9.96. The van der Waals surface area contributed by atoms with Crippen molar-refractivity contribution in [2.75, 3.05) is 14.2 Å². The van der Waals surface area contributed by atoms with Crippen LogP contribution in [-0.2, 0) is 0 Å². The van der Waals surface area contributed by atoms with Gasteiger partial charge in [0.25, 0.3) is 0 Å². The average Bonchev–Trinajstić information content (AvgIpc) is 3.44. The van der Waals surface area contributed by atoms with E-state index in [9.17, 15) is 9.90 Å². The number of methoxy groups -OCH3 is 2. The maximum absolute atomic E-state index is 12.3. The molecular weight excluding hydrogens is 492 g/mol. The highest BCUT2D eigenvalue weighted by atomic mass is 79.9. The van der Waals surface area contributed by atoms with Gasteiger partial charge in [-0.2, -0.15) is 5.10 Å². The molecule has 0 bridgehead atoms. The third-order valence-electron chi connectivity index (χ3n) is 5.83. The number of ether oxygens (including phenoxy) is 3. The zero-order valence-corrected chi connectivity index (χ0v) is 19.8. The highest BCUT2D eigenvalue weighted by Gasteiger charge is 2.43. The number of benzene rings is 2. The van der Waals surface area contributed by atoms with Gasteiger partial charge in [0, 0.05) is 22.0 Å². The van der Waals surface area contributed by atoms with Gasteiger partial charge in [-0.15, -0.1) is 0 Å². The zero-order chi connectivity index (χ0) is 23.3. The first-order valence-electron chi connectivity index (χ1n) is 10.3. The number of aryl methyl sites for hydroxylation is 1. The van der Waals surface area contributed by atoms with Crippen LogP contribution in [0.4, 0.5) is 0 Å². The first-order chi connectivity index (χ1) is 15.9. The molecule has 2 aliphatic rings. The van der Waals surface area contributed by atoms with Gasteiger partial charge in [-0.3, -0.25) is 0 Å². The topological polar surface area (TPSA) is 93.7 Å². The molecule has 0 aliphatic carbocycles. The van der Waals surface area contributed by atoms with Crippen LogP contribution in [0.15, 0.2) is 56.5 Å². The molecule has 0 spiro atoms. The van der Waals surface area contributed by atoms with Gasteiger partial charge in [-0.25, -0.2) is 9.80 Å². The number of carbonyl (C=O) groups is 1. The number of aromatic carboxylic acids is 1. The van der Waals surface area contributed by atoms with Crippen LogP contribution in [-0.4, -0.2) is 36.0 Å². The molecule has 8 nitrogen and oxygen atoms in total. The lowest BCUT2D eigenvalue weighted by Gasteiger charge is -2.38. The standard InChI is InChI=1S/C24H21BrN2O6/c1-12-4-7-19(32-12)16-11-17-15-10-13(25)5-8-18(15)33-23(27(17)26-16)14-6-9-20(30-2)22(31-3)21(14)24(28)29/h4-10,17,23H,11H2,1-3H3,(H,28,29)/t17-,23-/m1/s1. The number of rotatable bonds is 5. The first kappa shape index (κ1) is 21.4. The van der Waals surface area contributed by atoms with Crippen molar-refractivity contribution in [3.05, 3.63) is 75.1 Å². The van der Waals surface area contributed by atoms with Gasteiger partial charge in [0.1, 0.15) is 28.5 Å². The zero-order valence-electron chi connectivity index (χ0n) is 18.2. The van der Waals surface area contributed by atoms with E-state index in [0.29, 0.717) is 29.2 Å². The maximum atomic E-state index is 12.3. The van der Waals surface area contributed by atoms with E-state index in [-0.39, 0.29) is 17.4 Å². The van der Waals surface area contributed by atoms with Crippen LogP contribution in [0.25, 0.3) is 0 Å². The van der Waals surface area contributed by atoms with E-state index in [1.807, 2.05) is 37.3 Å². The number of hydrogen-bond donors (Lipinski definition) is 1. The van der Waals surface area contributed by atoms with Crippen LogP contribution < -0.4 is 14.2 Å². The number of halogens is 1. The van der Waals surface area contributed by atoms with E-state index in [2.05, 4.69) is 15.9 Å². The first-order valence-corrected chi connectivity index (χ1v) is 11.1. The number of hydrogen-bond acceptors (Lipinski definition) is 7. The van der Waals surface area contributed by atoms with Crippen molar-refractivity contribution in [1.82, 2.24) is 5.01 Å². The summed E-state index contributed by atoms with van der Waals surface area (Å²) >= 11 is 3.54. The minimum absolute atomic E-state index is 0.0290. The van der Waals surface area contributed by atoms with E-state index in [1.165, 1.54) is 14.2 Å². The van der Waals surface area contributed by atoms with Gasteiger partial charge in [-0.05, 0) is 49.4 Å². The molecule has 1 aromatic heterocycles. The van der Waals surface area contributed by atoms with Crippen molar-refractivity contribution in [2.45, 2.75) is 25.6 Å². The molecule has 0 saturated heterocycles. The van der Waals surface area contributed by atoms with E-state index in [4.69, 9.17) is 23.7 Å². The fourth-order valence-corrected chi connectivity index (χ4v) is 4.75. The molecule has 0 fully saturated rings. The molecule has 0 unspecified atom stereocenters. The summed E-state index contributed by atoms with van der Waals surface area (Å²) in [5.74, 6) is 1.46. The molecule has 2 aliphatic heterocycles. The highest BCUT2D eigenvalue weighted by Crippen LogP contribution is 2.50. The second-order valence-electron chi connectivity index (χ2n) is 7.78. The number of fused-ring (bicyclic) bond motifs is 3. The Labute approximate surface area is 198 Å². The third-order valence-corrected chi connectivity index (χ3v) is 6.33. The van der Waals surface area contributed by atoms with Gasteiger partial charge < -0.3 is 23.7 Å². The lowest BCUT2D eigenvalue weighted by Crippen LogP contribution is -2.34. The fraction of sp³-hybridized carbons (Fsp3) is 0.250. The SMILES string of the molecule is COc1ccc([C@H]2Oc3ccc(Br)cc3[C@H]3CC(c4ccc(C)o4)=NN32)c(C(=O)O)c1OC. The summed E-state index contributed by atoms with van der Waals surface area (Å²) in [6, 6.07) is 12.8. The van der Waals surface area contributed by atoms with Crippen LogP contribution >= 0.6 is 15.9 Å². The molecule has 2 aromatic carbocycles. The van der Waals surface area contributed by atoms with Gasteiger partial charge >= 0.3 is 5.97 Å². The number of hydrazone groups is 1. The summed E-state index contributed by atoms with van der Waals surface area (Å²) in [6.45, 7) is 1.88. The van der Waals surface area contributed by atoms with Crippen LogP contribution in [0.3, 0.4) is 0 Å². The smallest absolute Gasteiger partial charge is 0.340 e. The summed E-state index contributed by atoms with van der Waals surface area (Å²) in [6.07, 6.45) is -0.200. The van der Waals surface area contributed by atoms with E-state index < -0.39 is 12.2 Å². The molecule has 0 saturated carbocycles. The van der Waals surface area contributed by atoms with Crippen LogP contribution in [0, 0.1) is 6.92 Å². The quantitative estimate of drug-likeness (QED) is 0.495. The molecule has 5 rings (SSSR count). The number of carboxylic acids is 1. The van der Waals surface area contributed by atoms with E-state index in [0.717, 1.165) is 21.5 Å². The van der Waals surface area contributed by atoms with Gasteiger partial charge in [0.2, 0.25) is 6.23 Å². The summed E-state index contributed by atoms with van der Waals surface area (Å²) in [5.41, 5.74) is 2.12. The fourth-order valence-electron chi connectivity index (χ4n) is 4.37. The van der Waals surface area contributed by atoms with E-state index in [1.54, 1.807) is 17.1 Å². The summed E-state index contributed by atoms with van der Waals surface area (Å²) < 4.78 is 23.8. The second kappa shape index (κ2) is 8.15. The van der Waals surface area contributed by atoms with Crippen molar-refractivity contribution < 1.29 is 28.5 Å². The van der Waals surface area contributed by atoms with Crippen LogP contribution in [0.5, 0.6) is 17.2 Å². The molecule has 0 radical (unpaired) electrons. The Bertz CT molecular complexity index is 1280. The Hall–Kier alpha value is -3.46. The van der Waals surface area contributed by atoms with Gasteiger partial charge in [0.15, 0.2) is 11.5 Å². The van der Waals surface area contributed by atoms with Crippen LogP contribution in [0.1, 0.15) is 51.7 Å². The largest absolute Gasteiger partial charge is 0.493 e. The minimum atomic E-state index is -1.15. The van der Waals surface area contributed by atoms with Crippen molar-refractivity contribution in [3.8, 4) is 17.2 Å². The summed E-state index contributed by atoms with van der Waals surface area (Å²) in [4.78, 5) is 12.3. The monoisotopic (exact) mass is 512 g/mol. The highest BCUT2D eigenvalue weighted by molar-refractivity contribution is 9.10. The Morgan fingerprint density at radius 1 is 1.15 bits per heavy atom. The molecule has 9 heteroatoms. The lowest BCUT2D eigenvalue weighted by molar-refractivity contribution is -0.0199. The predicted molar refractivity (Wildman–Crippen MR) is 123 cm³/mol. The molecule has 3 aromatic rings. The number of nitrogens with zero attached hydrogens (tertiary/aromatic N) is 2. The van der Waals surface area contributed by atoms with Gasteiger partial charge in [-0.1, -0.05) is 15.9 Å². The van der Waals surface area contributed by atoms with E-state index >= 15 is 0 Å². The summed E-state index contributed by atoms with van der Waals surface area (Å²) in [7, 11) is 2.88. The van der Waals surface area contributed by atoms with Crippen molar-refractivity contribution >= 4 is 27.6 Å². The Morgan fingerprint density at radius 2 is 1.97 bits per heavy atom. The van der Waals surface area contributed by atoms with Gasteiger partial charge in [0.05, 0.1) is 20.3 Å². The Balaban J connectivity index is 1.68. The second-order valence-corrected chi connectivity index (χ2v) is 8.70. The van der Waals surface area contributed by atoms with Crippen LogP contribution in [0.2, 0.25) is 0 Å².